The second kappa shape index (κ2) is 8.45. The first-order chi connectivity index (χ1) is 12.4. The van der Waals surface area contributed by atoms with Gasteiger partial charge < -0.3 is 9.84 Å². The van der Waals surface area contributed by atoms with E-state index in [0.717, 1.165) is 11.3 Å². The van der Waals surface area contributed by atoms with E-state index in [4.69, 9.17) is 4.74 Å². The Kier molecular flexibility index (Phi) is 6.31. The Morgan fingerprint density at radius 1 is 1.31 bits per heavy atom. The summed E-state index contributed by atoms with van der Waals surface area (Å²) in [5.41, 5.74) is 3.33. The quantitative estimate of drug-likeness (QED) is 0.638. The van der Waals surface area contributed by atoms with Crippen LogP contribution in [-0.2, 0) is 11.3 Å². The Hall–Kier alpha value is -2.91. The van der Waals surface area contributed by atoms with Gasteiger partial charge in [0.2, 0.25) is 5.88 Å². The van der Waals surface area contributed by atoms with Crippen molar-refractivity contribution in [1.29, 1.82) is 5.26 Å². The summed E-state index contributed by atoms with van der Waals surface area (Å²) in [6.45, 7) is 6.38. The van der Waals surface area contributed by atoms with E-state index < -0.39 is 5.56 Å². The molecule has 0 unspecified atom stereocenters. The zero-order valence-electron chi connectivity index (χ0n) is 15.5. The number of rotatable bonds is 6. The Morgan fingerprint density at radius 2 is 2.04 bits per heavy atom. The van der Waals surface area contributed by atoms with E-state index in [0.29, 0.717) is 24.2 Å². The second-order valence-corrected chi connectivity index (χ2v) is 6.18. The average Bonchev–Trinajstić information content (AvgIpc) is 2.61. The Morgan fingerprint density at radius 3 is 2.65 bits per heavy atom. The molecule has 1 N–H and O–H groups in total. The Bertz CT molecular complexity index is 937. The summed E-state index contributed by atoms with van der Waals surface area (Å²) >= 11 is 0. The number of nitrogens with zero attached hydrogens (tertiary/aromatic N) is 3. The molecule has 0 saturated carbocycles. The summed E-state index contributed by atoms with van der Waals surface area (Å²) in [5.74, 6) is -0.185. The summed E-state index contributed by atoms with van der Waals surface area (Å²) in [6, 6.07) is 7.74. The molecule has 0 fully saturated rings. The van der Waals surface area contributed by atoms with E-state index in [2.05, 4.69) is 4.99 Å². The predicted octanol–water partition coefficient (Wildman–Crippen LogP) is 3.14. The van der Waals surface area contributed by atoms with Gasteiger partial charge in [-0.3, -0.25) is 14.4 Å². The van der Waals surface area contributed by atoms with Crippen molar-refractivity contribution >= 4 is 11.9 Å². The lowest BCUT2D eigenvalue weighted by molar-refractivity contribution is 0.188. The summed E-state index contributed by atoms with van der Waals surface area (Å²) in [4.78, 5) is 16.8. The minimum Gasteiger partial charge on any atom is -0.494 e. The highest BCUT2D eigenvalue weighted by Crippen LogP contribution is 2.22. The van der Waals surface area contributed by atoms with Crippen LogP contribution in [0, 0.1) is 32.1 Å². The van der Waals surface area contributed by atoms with Crippen molar-refractivity contribution in [2.75, 3.05) is 13.7 Å². The first kappa shape index (κ1) is 19.4. The van der Waals surface area contributed by atoms with Crippen LogP contribution in [0.3, 0.4) is 0 Å². The molecule has 136 valence electrons. The van der Waals surface area contributed by atoms with Gasteiger partial charge in [0.15, 0.2) is 0 Å². The summed E-state index contributed by atoms with van der Waals surface area (Å²) in [5, 5.41) is 19.9. The van der Waals surface area contributed by atoms with Crippen molar-refractivity contribution in [1.82, 2.24) is 4.57 Å². The van der Waals surface area contributed by atoms with E-state index in [9.17, 15) is 15.2 Å². The number of ether oxygens (including phenoxy) is 1. The molecule has 1 aromatic carbocycles. The molecule has 0 aliphatic carbocycles. The van der Waals surface area contributed by atoms with E-state index >= 15 is 0 Å². The molecule has 26 heavy (non-hydrogen) atoms. The van der Waals surface area contributed by atoms with Crippen molar-refractivity contribution in [3.8, 4) is 11.9 Å². The number of aromatic hydroxyl groups is 1. The van der Waals surface area contributed by atoms with E-state index in [1.807, 2.05) is 38.1 Å². The molecule has 0 saturated heterocycles. The van der Waals surface area contributed by atoms with Crippen LogP contribution in [0.5, 0.6) is 5.88 Å². The molecule has 0 amide bonds. The van der Waals surface area contributed by atoms with Crippen LogP contribution in [0.25, 0.3) is 0 Å². The number of hydrogen-bond donors (Lipinski definition) is 1. The molecule has 1 aromatic heterocycles. The van der Waals surface area contributed by atoms with Gasteiger partial charge in [-0.1, -0.05) is 6.07 Å². The SMILES string of the molecule is COCCCn1c(O)c(C=Nc2ccc(C)c(C)c2)c(C)c(C#N)c1=O. The normalized spacial score (nSPS) is 11.0. The van der Waals surface area contributed by atoms with Crippen LogP contribution in [0.1, 0.15) is 34.2 Å². The van der Waals surface area contributed by atoms with Crippen molar-refractivity contribution in [2.24, 2.45) is 4.99 Å². The van der Waals surface area contributed by atoms with Gasteiger partial charge in [0.25, 0.3) is 5.56 Å². The molecular formula is C20H23N3O3. The molecule has 6 heteroatoms. The van der Waals surface area contributed by atoms with Gasteiger partial charge in [-0.25, -0.2) is 0 Å². The molecule has 0 bridgehead atoms. The van der Waals surface area contributed by atoms with Gasteiger partial charge >= 0.3 is 0 Å². The number of aliphatic imine (C=N–C) groups is 1. The standard InChI is InChI=1S/C20H23N3O3/c1-13-6-7-16(10-14(13)2)22-12-18-15(3)17(11-21)19(24)23(20(18)25)8-5-9-26-4/h6-7,10,12,25H,5,8-9H2,1-4H3. The predicted molar refractivity (Wildman–Crippen MR) is 101 cm³/mol. The van der Waals surface area contributed by atoms with Crippen LogP contribution in [0.4, 0.5) is 5.69 Å². The van der Waals surface area contributed by atoms with E-state index in [1.165, 1.54) is 16.3 Å². The summed E-state index contributed by atoms with van der Waals surface area (Å²) in [7, 11) is 1.57. The smallest absolute Gasteiger partial charge is 0.271 e. The number of hydrogen-bond acceptors (Lipinski definition) is 5. The monoisotopic (exact) mass is 353 g/mol. The van der Waals surface area contributed by atoms with Gasteiger partial charge in [-0.15, -0.1) is 0 Å². The lowest BCUT2D eigenvalue weighted by atomic mass is 10.1. The zero-order chi connectivity index (χ0) is 19.3. The molecule has 0 radical (unpaired) electrons. The van der Waals surface area contributed by atoms with E-state index in [1.54, 1.807) is 14.0 Å². The largest absolute Gasteiger partial charge is 0.494 e. The van der Waals surface area contributed by atoms with Gasteiger partial charge in [-0.2, -0.15) is 5.26 Å². The molecule has 2 rings (SSSR count). The molecule has 6 nitrogen and oxygen atoms in total. The van der Waals surface area contributed by atoms with Gasteiger partial charge in [0, 0.05) is 26.5 Å². The molecule has 0 atom stereocenters. The van der Waals surface area contributed by atoms with Gasteiger partial charge in [0.05, 0.1) is 11.3 Å². The van der Waals surface area contributed by atoms with Crippen LogP contribution in [0.15, 0.2) is 28.0 Å². The van der Waals surface area contributed by atoms with Gasteiger partial charge in [0.1, 0.15) is 11.6 Å². The van der Waals surface area contributed by atoms with Gasteiger partial charge in [-0.05, 0) is 56.0 Å². The maximum absolute atomic E-state index is 12.4. The Labute approximate surface area is 153 Å². The number of methoxy groups -OCH3 is 1. The molecule has 2 aromatic rings. The molecule has 0 aliphatic rings. The third-order valence-electron chi connectivity index (χ3n) is 4.41. The highest BCUT2D eigenvalue weighted by molar-refractivity contribution is 5.87. The Balaban J connectivity index is 2.51. The topological polar surface area (TPSA) is 87.6 Å². The van der Waals surface area contributed by atoms with Crippen molar-refractivity contribution in [3.05, 3.63) is 56.4 Å². The lowest BCUT2D eigenvalue weighted by Gasteiger charge is -2.13. The molecule has 0 spiro atoms. The number of aryl methyl sites for hydroxylation is 2. The fourth-order valence-electron chi connectivity index (χ4n) is 2.64. The minimum atomic E-state index is -0.498. The summed E-state index contributed by atoms with van der Waals surface area (Å²) in [6.07, 6.45) is 2.05. The first-order valence-corrected chi connectivity index (χ1v) is 8.37. The van der Waals surface area contributed by atoms with Crippen molar-refractivity contribution in [2.45, 2.75) is 33.7 Å². The minimum absolute atomic E-state index is 0.0155. The number of nitriles is 1. The summed E-state index contributed by atoms with van der Waals surface area (Å²) < 4.78 is 6.19. The highest BCUT2D eigenvalue weighted by Gasteiger charge is 2.17. The maximum atomic E-state index is 12.4. The van der Waals surface area contributed by atoms with Crippen molar-refractivity contribution < 1.29 is 9.84 Å². The molecule has 1 heterocycles. The molecule has 0 aliphatic heterocycles. The lowest BCUT2D eigenvalue weighted by Crippen LogP contribution is -2.26. The number of benzene rings is 1. The zero-order valence-corrected chi connectivity index (χ0v) is 15.5. The number of pyridine rings is 1. The maximum Gasteiger partial charge on any atom is 0.271 e. The second-order valence-electron chi connectivity index (χ2n) is 6.18. The van der Waals surface area contributed by atoms with Crippen LogP contribution in [0.2, 0.25) is 0 Å². The third-order valence-corrected chi connectivity index (χ3v) is 4.41. The average molecular weight is 353 g/mol. The van der Waals surface area contributed by atoms with Crippen molar-refractivity contribution in [3.63, 3.8) is 0 Å². The first-order valence-electron chi connectivity index (χ1n) is 8.37. The van der Waals surface area contributed by atoms with Crippen LogP contribution in [-0.4, -0.2) is 29.6 Å². The third kappa shape index (κ3) is 4.01. The molecular weight excluding hydrogens is 330 g/mol. The highest BCUT2D eigenvalue weighted by atomic mass is 16.5. The van der Waals surface area contributed by atoms with E-state index in [-0.39, 0.29) is 18.0 Å². The van der Waals surface area contributed by atoms with Crippen LogP contribution >= 0.6 is 0 Å². The number of aromatic nitrogens is 1. The fraction of sp³-hybridized carbons (Fsp3) is 0.350. The van der Waals surface area contributed by atoms with Crippen LogP contribution < -0.4 is 5.56 Å². The fourth-order valence-corrected chi connectivity index (χ4v) is 2.64.